The molecule has 0 N–H and O–H groups in total. The van der Waals surface area contributed by atoms with E-state index in [4.69, 9.17) is 5.26 Å². The topological polar surface area (TPSA) is 54.5 Å². The summed E-state index contributed by atoms with van der Waals surface area (Å²) in [4.78, 5) is 1.22. The maximum atomic E-state index is 12.4. The lowest BCUT2D eigenvalue weighted by Gasteiger charge is -2.06. The number of rotatable bonds is 2. The van der Waals surface area contributed by atoms with Crippen LogP contribution in [0.15, 0.2) is 24.3 Å². The molecule has 0 atom stereocenters. The molecule has 0 amide bonds. The Morgan fingerprint density at radius 2 is 1.84 bits per heavy atom. The summed E-state index contributed by atoms with van der Waals surface area (Å²) in [7, 11) is 0. The molecule has 2 aromatic rings. The van der Waals surface area contributed by atoms with Crippen LogP contribution in [0.1, 0.15) is 17.0 Å². The van der Waals surface area contributed by atoms with Crippen molar-refractivity contribution in [1.29, 1.82) is 5.26 Å². The van der Waals surface area contributed by atoms with Crippen LogP contribution >= 0.6 is 0 Å². The van der Waals surface area contributed by atoms with Gasteiger partial charge in [0, 0.05) is 0 Å². The fourth-order valence-electron chi connectivity index (χ4n) is 1.55. The Kier molecular flexibility index (Phi) is 3.25. The number of aromatic nitrogens is 3. The first kappa shape index (κ1) is 13.1. The van der Waals surface area contributed by atoms with E-state index in [0.29, 0.717) is 17.1 Å². The fourth-order valence-corrected chi connectivity index (χ4v) is 1.55. The lowest BCUT2D eigenvalue weighted by Crippen LogP contribution is -2.06. The highest BCUT2D eigenvalue weighted by Crippen LogP contribution is 2.29. The summed E-state index contributed by atoms with van der Waals surface area (Å²) in [6, 6.07) is 6.47. The van der Waals surface area contributed by atoms with Crippen LogP contribution in [0.2, 0.25) is 0 Å². The van der Waals surface area contributed by atoms with E-state index < -0.39 is 11.7 Å². The predicted octanol–water partition coefficient (Wildman–Crippen LogP) is 2.66. The van der Waals surface area contributed by atoms with E-state index in [-0.39, 0.29) is 6.42 Å². The molecule has 4 nitrogen and oxygen atoms in total. The van der Waals surface area contributed by atoms with Gasteiger partial charge in [-0.25, -0.2) is 0 Å². The van der Waals surface area contributed by atoms with Crippen molar-refractivity contribution in [3.05, 3.63) is 41.2 Å². The quantitative estimate of drug-likeness (QED) is 0.839. The molecule has 0 saturated heterocycles. The Bertz CT molecular complexity index is 620. The summed E-state index contributed by atoms with van der Waals surface area (Å²) in [5.74, 6) is 0. The second-order valence-electron chi connectivity index (χ2n) is 3.90. The second kappa shape index (κ2) is 4.72. The Morgan fingerprint density at radius 3 is 2.37 bits per heavy atom. The molecular weight excluding hydrogens is 257 g/mol. The number of alkyl halides is 3. The molecule has 98 valence electrons. The Labute approximate surface area is 107 Å². The Balaban J connectivity index is 2.33. The largest absolute Gasteiger partial charge is 0.416 e. The number of nitrogens with zero attached hydrogens (tertiary/aromatic N) is 4. The first-order valence-corrected chi connectivity index (χ1v) is 5.39. The molecule has 2 rings (SSSR count). The highest BCUT2D eigenvalue weighted by Gasteiger charge is 2.30. The molecule has 0 saturated carbocycles. The van der Waals surface area contributed by atoms with Crippen molar-refractivity contribution in [3.63, 3.8) is 0 Å². The van der Waals surface area contributed by atoms with Crippen molar-refractivity contribution >= 4 is 0 Å². The van der Waals surface area contributed by atoms with E-state index in [1.807, 2.05) is 6.07 Å². The minimum absolute atomic E-state index is 0.118. The van der Waals surface area contributed by atoms with Crippen LogP contribution in [0.5, 0.6) is 0 Å². The predicted molar refractivity (Wildman–Crippen MR) is 60.4 cm³/mol. The Hall–Kier alpha value is -2.36. The summed E-state index contributed by atoms with van der Waals surface area (Å²) in [5.41, 5.74) is 0.793. The molecule has 1 aromatic heterocycles. The monoisotopic (exact) mass is 266 g/mol. The molecule has 1 heterocycles. The van der Waals surface area contributed by atoms with Crippen LogP contribution < -0.4 is 0 Å². The summed E-state index contributed by atoms with van der Waals surface area (Å²) < 4.78 is 37.2. The molecule has 0 bridgehead atoms. The van der Waals surface area contributed by atoms with Gasteiger partial charge in [0.05, 0.1) is 29.4 Å². The van der Waals surface area contributed by atoms with E-state index >= 15 is 0 Å². The van der Waals surface area contributed by atoms with Gasteiger partial charge in [0.15, 0.2) is 0 Å². The number of aryl methyl sites for hydroxylation is 1. The molecule has 0 spiro atoms. The van der Waals surface area contributed by atoms with Crippen molar-refractivity contribution in [3.8, 4) is 11.8 Å². The molecule has 0 fully saturated rings. The second-order valence-corrected chi connectivity index (χ2v) is 3.90. The van der Waals surface area contributed by atoms with Gasteiger partial charge < -0.3 is 0 Å². The normalized spacial score (nSPS) is 11.3. The van der Waals surface area contributed by atoms with Gasteiger partial charge in [0.25, 0.3) is 0 Å². The minimum Gasteiger partial charge on any atom is -0.198 e. The standard InChI is InChI=1S/C12H9F3N4/c1-8-11(6-7-16)18-19(17-8)10-4-2-9(3-5-10)12(13,14)15/h2-5H,6H2,1H3. The van der Waals surface area contributed by atoms with Gasteiger partial charge in [0.1, 0.15) is 5.69 Å². The first-order valence-electron chi connectivity index (χ1n) is 5.39. The SMILES string of the molecule is Cc1nn(-c2ccc(C(F)(F)F)cc2)nc1CC#N. The summed E-state index contributed by atoms with van der Waals surface area (Å²) >= 11 is 0. The highest BCUT2D eigenvalue weighted by molar-refractivity contribution is 5.34. The van der Waals surface area contributed by atoms with Crippen LogP contribution in [-0.4, -0.2) is 15.0 Å². The van der Waals surface area contributed by atoms with Crippen molar-refractivity contribution in [2.75, 3.05) is 0 Å². The van der Waals surface area contributed by atoms with E-state index in [9.17, 15) is 13.2 Å². The first-order chi connectivity index (χ1) is 8.91. The van der Waals surface area contributed by atoms with Crippen molar-refractivity contribution in [1.82, 2.24) is 15.0 Å². The highest BCUT2D eigenvalue weighted by atomic mass is 19.4. The third kappa shape index (κ3) is 2.73. The minimum atomic E-state index is -4.36. The molecule has 0 aliphatic rings. The zero-order valence-corrected chi connectivity index (χ0v) is 9.94. The molecule has 0 aliphatic heterocycles. The smallest absolute Gasteiger partial charge is 0.198 e. The van der Waals surface area contributed by atoms with Gasteiger partial charge in [-0.15, -0.1) is 0 Å². The maximum absolute atomic E-state index is 12.4. The molecule has 7 heteroatoms. The van der Waals surface area contributed by atoms with E-state index in [2.05, 4.69) is 10.2 Å². The van der Waals surface area contributed by atoms with Gasteiger partial charge in [0.2, 0.25) is 0 Å². The molecule has 0 aliphatic carbocycles. The van der Waals surface area contributed by atoms with Gasteiger partial charge in [-0.2, -0.15) is 33.4 Å². The third-order valence-electron chi connectivity index (χ3n) is 2.55. The van der Waals surface area contributed by atoms with Crippen molar-refractivity contribution < 1.29 is 13.2 Å². The number of hydrogen-bond acceptors (Lipinski definition) is 3. The number of hydrogen-bond donors (Lipinski definition) is 0. The Morgan fingerprint density at radius 1 is 1.21 bits per heavy atom. The fraction of sp³-hybridized carbons (Fsp3) is 0.250. The van der Waals surface area contributed by atoms with E-state index in [0.717, 1.165) is 12.1 Å². The van der Waals surface area contributed by atoms with Gasteiger partial charge in [-0.1, -0.05) is 0 Å². The van der Waals surface area contributed by atoms with Crippen LogP contribution in [0, 0.1) is 18.3 Å². The summed E-state index contributed by atoms with van der Waals surface area (Å²) in [5, 5.41) is 16.7. The molecule has 0 radical (unpaired) electrons. The van der Waals surface area contributed by atoms with E-state index in [1.165, 1.54) is 16.9 Å². The van der Waals surface area contributed by atoms with Crippen LogP contribution in [0.25, 0.3) is 5.69 Å². The number of halogens is 3. The van der Waals surface area contributed by atoms with E-state index in [1.54, 1.807) is 6.92 Å². The molecule has 19 heavy (non-hydrogen) atoms. The third-order valence-corrected chi connectivity index (χ3v) is 2.55. The van der Waals surface area contributed by atoms with Gasteiger partial charge >= 0.3 is 6.18 Å². The lowest BCUT2D eigenvalue weighted by atomic mass is 10.2. The van der Waals surface area contributed by atoms with Crippen LogP contribution in [0.4, 0.5) is 13.2 Å². The molecule has 1 aromatic carbocycles. The van der Waals surface area contributed by atoms with Crippen LogP contribution in [-0.2, 0) is 12.6 Å². The number of nitriles is 1. The van der Waals surface area contributed by atoms with Gasteiger partial charge in [-0.05, 0) is 31.2 Å². The average molecular weight is 266 g/mol. The summed E-state index contributed by atoms with van der Waals surface area (Å²) in [6.45, 7) is 1.69. The zero-order valence-electron chi connectivity index (χ0n) is 9.94. The maximum Gasteiger partial charge on any atom is 0.416 e. The number of benzene rings is 1. The average Bonchev–Trinajstić information content (AvgIpc) is 2.71. The molecular formula is C12H9F3N4. The van der Waals surface area contributed by atoms with Crippen LogP contribution in [0.3, 0.4) is 0 Å². The van der Waals surface area contributed by atoms with Gasteiger partial charge in [-0.3, -0.25) is 0 Å². The van der Waals surface area contributed by atoms with Crippen molar-refractivity contribution in [2.45, 2.75) is 19.5 Å². The lowest BCUT2D eigenvalue weighted by molar-refractivity contribution is -0.137. The van der Waals surface area contributed by atoms with Crippen molar-refractivity contribution in [2.24, 2.45) is 0 Å². The zero-order chi connectivity index (χ0) is 14.0. The summed E-state index contributed by atoms with van der Waals surface area (Å²) in [6.07, 6.45) is -4.25. The molecule has 0 unspecified atom stereocenters.